The highest BCUT2D eigenvalue weighted by molar-refractivity contribution is 6.34. The van der Waals surface area contributed by atoms with Crippen LogP contribution < -0.4 is 26.8 Å². The monoisotopic (exact) mass is 908 g/mol. The Morgan fingerprint density at radius 1 is 0.984 bits per heavy atom. The van der Waals surface area contributed by atoms with Gasteiger partial charge >= 0.3 is 6.18 Å². The molecule has 4 fully saturated rings. The van der Waals surface area contributed by atoms with E-state index in [0.717, 1.165) is 56.2 Å². The Labute approximate surface area is 372 Å². The van der Waals surface area contributed by atoms with E-state index in [-0.39, 0.29) is 82.1 Å². The fraction of sp³-hybridized carbons (Fsp3) is 0.512. The minimum Gasteiger partial charge on any atom is -0.544 e. The Morgan fingerprint density at radius 3 is 2.28 bits per heavy atom. The number of anilines is 2. The van der Waals surface area contributed by atoms with Gasteiger partial charge in [-0.3, -0.25) is 14.4 Å². The number of pyridine rings is 1. The number of nitrogens with two attached hydrogens (primary N) is 1. The lowest BCUT2D eigenvalue weighted by atomic mass is 9.90. The van der Waals surface area contributed by atoms with Crippen LogP contribution in [0.1, 0.15) is 65.2 Å². The Bertz CT molecular complexity index is 2380. The van der Waals surface area contributed by atoms with Crippen LogP contribution >= 0.6 is 11.6 Å². The molecule has 0 bridgehead atoms. The first-order valence-electron chi connectivity index (χ1n) is 21.6. The number of hydrogen-bond acceptors (Lipinski definition) is 11. The van der Waals surface area contributed by atoms with Crippen molar-refractivity contribution in [3.8, 4) is 17.1 Å². The van der Waals surface area contributed by atoms with Crippen molar-refractivity contribution in [2.24, 2.45) is 24.6 Å². The molecular formula is C43H52ClF3N12O5. The smallest absolute Gasteiger partial charge is 0.435 e. The van der Waals surface area contributed by atoms with Crippen LogP contribution in [0.5, 0.6) is 0 Å². The lowest BCUT2D eigenvalue weighted by Gasteiger charge is -2.47. The number of nitrogens with one attached hydrogen (secondary N) is 3. The average Bonchev–Trinajstić information content (AvgIpc) is 4.00. The fourth-order valence-electron chi connectivity index (χ4n) is 9.50. The van der Waals surface area contributed by atoms with Crippen LogP contribution in [0.25, 0.3) is 17.1 Å². The number of carboxylic acid groups (broad SMARTS) is 1. The zero-order valence-electron chi connectivity index (χ0n) is 35.5. The first kappa shape index (κ1) is 45.0. The number of aliphatic carboxylic acids is 1. The maximum absolute atomic E-state index is 14.4. The second-order valence-electron chi connectivity index (χ2n) is 17.8. The summed E-state index contributed by atoms with van der Waals surface area (Å²) in [6.45, 7) is 5.49. The van der Waals surface area contributed by atoms with E-state index < -0.39 is 23.7 Å². The number of aromatic nitrogens is 5. The molecule has 4 aliphatic rings. The molecular weight excluding hydrogens is 857 g/mol. The number of quaternary nitrogens is 1. The summed E-state index contributed by atoms with van der Waals surface area (Å²) in [6.07, 6.45) is 4.18. The lowest BCUT2D eigenvalue weighted by molar-refractivity contribution is -0.931. The quantitative estimate of drug-likeness (QED) is 0.144. The van der Waals surface area contributed by atoms with Crippen LogP contribution in [0.15, 0.2) is 48.9 Å². The summed E-state index contributed by atoms with van der Waals surface area (Å²) in [5.74, 6) is -1.96. The maximum Gasteiger partial charge on any atom is 0.435 e. The van der Waals surface area contributed by atoms with Gasteiger partial charge in [-0.05, 0) is 43.2 Å². The van der Waals surface area contributed by atoms with Gasteiger partial charge in [-0.25, -0.2) is 14.6 Å². The van der Waals surface area contributed by atoms with Gasteiger partial charge in [-0.1, -0.05) is 24.4 Å². The van der Waals surface area contributed by atoms with Gasteiger partial charge in [0.25, 0.3) is 11.8 Å². The molecule has 6 heterocycles. The number of carbonyl (C=O) groups is 4. The number of alkyl halides is 3. The summed E-state index contributed by atoms with van der Waals surface area (Å²) in [7, 11) is 1.42. The third-order valence-electron chi connectivity index (χ3n) is 13.2. The van der Waals surface area contributed by atoms with Crippen molar-refractivity contribution < 1.29 is 41.9 Å². The molecule has 3 amide bonds. The van der Waals surface area contributed by atoms with Crippen LogP contribution in [0.3, 0.4) is 0 Å². The Hall–Kier alpha value is -5.57. The minimum absolute atomic E-state index is 0.0155. The van der Waals surface area contributed by atoms with Gasteiger partial charge in [0.2, 0.25) is 5.91 Å². The van der Waals surface area contributed by atoms with E-state index in [9.17, 15) is 37.5 Å². The van der Waals surface area contributed by atoms with Crippen molar-refractivity contribution in [2.75, 3.05) is 82.6 Å². The predicted molar refractivity (Wildman–Crippen MR) is 228 cm³/mol. The summed E-state index contributed by atoms with van der Waals surface area (Å²) in [5.41, 5.74) is 5.72. The highest BCUT2D eigenvalue weighted by Crippen LogP contribution is 2.37. The second kappa shape index (κ2) is 18.1. The molecule has 17 nitrogen and oxygen atoms in total. The third-order valence-corrected chi connectivity index (χ3v) is 13.6. The lowest BCUT2D eigenvalue weighted by Crippen LogP contribution is -2.63. The normalized spacial score (nSPS) is 21.4. The zero-order chi connectivity index (χ0) is 45.4. The van der Waals surface area contributed by atoms with Gasteiger partial charge in [0.05, 0.1) is 65.5 Å². The number of likely N-dealkylation sites (tertiary alicyclic amines) is 1. The number of amides is 3. The summed E-state index contributed by atoms with van der Waals surface area (Å²) >= 11 is 6.58. The standard InChI is InChI=1S/C43H52ClF3N12O5/c1-55-34(32-23-58(54-37(32)43(45,46)47)35-7-5-30(21-50-35)52-26-42(48)10-2-3-11-42)22-51-38(55)39(62)53-29-4-6-31(33(44)18-29)41(64)57-14-12-56(13-15-57)40(63)28-8-16-59(17-9-28,25-36(60)61)24-27-19-49-20-27/h4-7,18,21-23,27-28,49,52H,2-3,8-17,19-20,24-26,48H2,1H3,(H-,53,60,61,62,64). The number of carbonyl (C=O) groups excluding carboxylic acids is 4. The number of halogens is 4. The molecule has 3 saturated heterocycles. The maximum atomic E-state index is 14.4. The van der Waals surface area contributed by atoms with Gasteiger partial charge in [-0.2, -0.15) is 18.3 Å². The molecule has 0 spiro atoms. The Balaban J connectivity index is 0.867. The van der Waals surface area contributed by atoms with E-state index in [1.165, 1.54) is 42.2 Å². The average molecular weight is 909 g/mol. The predicted octanol–water partition coefficient (Wildman–Crippen LogP) is 2.76. The highest BCUT2D eigenvalue weighted by Gasteiger charge is 2.42. The fourth-order valence-corrected chi connectivity index (χ4v) is 9.76. The van der Waals surface area contributed by atoms with E-state index in [0.29, 0.717) is 61.7 Å². The van der Waals surface area contributed by atoms with Crippen LogP contribution in [0, 0.1) is 11.8 Å². The number of benzene rings is 1. The van der Waals surface area contributed by atoms with Gasteiger partial charge in [0.1, 0.15) is 6.54 Å². The molecule has 1 aliphatic carbocycles. The molecule has 3 aromatic heterocycles. The van der Waals surface area contributed by atoms with Crippen molar-refractivity contribution in [3.63, 3.8) is 0 Å². The van der Waals surface area contributed by atoms with E-state index in [2.05, 4.69) is 31.0 Å². The van der Waals surface area contributed by atoms with Crippen molar-refractivity contribution in [1.29, 1.82) is 0 Å². The van der Waals surface area contributed by atoms with E-state index in [1.54, 1.807) is 21.9 Å². The van der Waals surface area contributed by atoms with Gasteiger partial charge in [-0.15, -0.1) is 0 Å². The first-order chi connectivity index (χ1) is 30.5. The molecule has 342 valence electrons. The van der Waals surface area contributed by atoms with E-state index in [4.69, 9.17) is 17.3 Å². The Kier molecular flexibility index (Phi) is 12.8. The number of rotatable bonds is 13. The molecule has 4 aromatic rings. The van der Waals surface area contributed by atoms with Crippen molar-refractivity contribution in [2.45, 2.75) is 50.2 Å². The van der Waals surface area contributed by atoms with Gasteiger partial charge in [0.15, 0.2) is 17.3 Å². The Morgan fingerprint density at radius 2 is 1.67 bits per heavy atom. The number of piperazine rings is 1. The van der Waals surface area contributed by atoms with Crippen LogP contribution in [-0.4, -0.2) is 140 Å². The summed E-state index contributed by atoms with van der Waals surface area (Å²) in [6, 6.07) is 7.62. The molecule has 0 unspecified atom stereocenters. The van der Waals surface area contributed by atoms with Crippen molar-refractivity contribution in [3.05, 3.63) is 71.0 Å². The number of hydrogen-bond donors (Lipinski definition) is 4. The molecule has 0 atom stereocenters. The van der Waals surface area contributed by atoms with E-state index in [1.807, 2.05) is 0 Å². The largest absolute Gasteiger partial charge is 0.544 e. The first-order valence-corrected chi connectivity index (χ1v) is 22.0. The second-order valence-corrected chi connectivity index (χ2v) is 18.2. The van der Waals surface area contributed by atoms with E-state index >= 15 is 0 Å². The highest BCUT2D eigenvalue weighted by atomic mass is 35.5. The summed E-state index contributed by atoms with van der Waals surface area (Å²) < 4.78 is 45.8. The molecule has 1 aromatic carbocycles. The summed E-state index contributed by atoms with van der Waals surface area (Å²) in [5, 5.41) is 24.6. The molecule has 21 heteroatoms. The number of carboxylic acids is 1. The van der Waals surface area contributed by atoms with Crippen LogP contribution in [0.2, 0.25) is 5.02 Å². The molecule has 5 N–H and O–H groups in total. The number of nitrogens with zero attached hydrogens (tertiary/aromatic N) is 8. The number of imidazole rings is 1. The topological polar surface area (TPSA) is 208 Å². The van der Waals surface area contributed by atoms with Crippen molar-refractivity contribution >= 4 is 46.7 Å². The van der Waals surface area contributed by atoms with Gasteiger partial charge in [0, 0.05) is 95.0 Å². The van der Waals surface area contributed by atoms with Crippen LogP contribution in [-0.2, 0) is 22.8 Å². The minimum atomic E-state index is -4.84. The third kappa shape index (κ3) is 9.74. The molecule has 1 saturated carbocycles. The van der Waals surface area contributed by atoms with Crippen LogP contribution in [0.4, 0.5) is 24.5 Å². The molecule has 3 aliphatic heterocycles. The SMILES string of the molecule is Cn1c(-c2cn(-c3ccc(NCC4(N)CCCC4)cn3)nc2C(F)(F)F)cnc1C(=O)Nc1ccc(C(=O)N2CCN(C(=O)C3CC[N+](CC(=O)[O-])(CC4CNC4)CC3)CC2)c(Cl)c1. The van der Waals surface area contributed by atoms with Gasteiger partial charge < -0.3 is 50.4 Å². The molecule has 8 rings (SSSR count). The molecule has 64 heavy (non-hydrogen) atoms. The molecule has 0 radical (unpaired) electrons. The summed E-state index contributed by atoms with van der Waals surface area (Å²) in [4.78, 5) is 64.0. The van der Waals surface area contributed by atoms with Crippen molar-refractivity contribution in [1.82, 2.24) is 39.4 Å². The number of piperidine rings is 1. The zero-order valence-corrected chi connectivity index (χ0v) is 36.3.